The van der Waals surface area contributed by atoms with Gasteiger partial charge in [-0.1, -0.05) is 46.2 Å². The van der Waals surface area contributed by atoms with Crippen LogP contribution >= 0.6 is 0 Å². The number of primary amides is 2. The quantitative estimate of drug-likeness (QED) is 0.376. The van der Waals surface area contributed by atoms with Gasteiger partial charge in [0.25, 0.3) is 5.56 Å². The zero-order chi connectivity index (χ0) is 32.2. The highest BCUT2D eigenvalue weighted by molar-refractivity contribution is 5.83. The van der Waals surface area contributed by atoms with Gasteiger partial charge in [0, 0.05) is 37.0 Å². The van der Waals surface area contributed by atoms with Crippen molar-refractivity contribution in [1.29, 1.82) is 0 Å². The van der Waals surface area contributed by atoms with Crippen LogP contribution in [0.5, 0.6) is 0 Å². The number of likely N-dealkylation sites (tertiary alicyclic amines) is 1. The molecule has 13 heteroatoms. The molecule has 0 bridgehead atoms. The molecule has 2 unspecified atom stereocenters. The van der Waals surface area contributed by atoms with E-state index in [1.165, 1.54) is 0 Å². The first-order chi connectivity index (χ1) is 19.2. The van der Waals surface area contributed by atoms with Crippen LogP contribution in [-0.2, 0) is 25.6 Å². The van der Waals surface area contributed by atoms with Crippen LogP contribution in [0.2, 0.25) is 0 Å². The lowest BCUT2D eigenvalue weighted by atomic mass is 9.91. The number of pyridine rings is 1. The van der Waals surface area contributed by atoms with Crippen molar-refractivity contribution >= 4 is 35.0 Å². The minimum absolute atomic E-state index is 0.0628. The van der Waals surface area contributed by atoms with Crippen LogP contribution in [0.25, 0.3) is 10.9 Å². The van der Waals surface area contributed by atoms with Crippen LogP contribution in [0.1, 0.15) is 52.2 Å². The molecule has 6 N–H and O–H groups in total. The van der Waals surface area contributed by atoms with E-state index >= 15 is 0 Å². The number of carbonyl (C=O) groups is 4. The molecule has 1 saturated carbocycles. The number of aromatic amines is 1. The third-order valence-corrected chi connectivity index (χ3v) is 7.55. The van der Waals surface area contributed by atoms with E-state index in [2.05, 4.69) is 55.6 Å². The normalized spacial score (nSPS) is 19.3. The van der Waals surface area contributed by atoms with Crippen LogP contribution in [-0.4, -0.2) is 59.3 Å². The van der Waals surface area contributed by atoms with Gasteiger partial charge in [0.05, 0.1) is 0 Å². The summed E-state index contributed by atoms with van der Waals surface area (Å²) in [6.07, 6.45) is -3.71. The van der Waals surface area contributed by atoms with Gasteiger partial charge in [0.15, 0.2) is 0 Å². The SMILES string of the molecule is CC(C)(C)CC(=O)N1CC2[C@H](C1)C2(C)C.Cc1ccc2[nH]c(=O)c(CC(NC=O)C(N)=O)cc2c1.NC(=O)C(F)(F)F. The Morgan fingerprint density at radius 2 is 1.67 bits per heavy atom. The van der Waals surface area contributed by atoms with Gasteiger partial charge in [-0.2, -0.15) is 13.2 Å². The number of nitrogens with zero attached hydrogens (tertiary/aromatic N) is 1. The Bertz CT molecular complexity index is 1370. The highest BCUT2D eigenvalue weighted by Crippen LogP contribution is 2.62. The number of nitrogens with two attached hydrogens (primary N) is 2. The minimum atomic E-state index is -4.86. The number of halogens is 3. The van der Waals surface area contributed by atoms with Gasteiger partial charge in [-0.05, 0) is 53.2 Å². The van der Waals surface area contributed by atoms with E-state index in [4.69, 9.17) is 10.5 Å². The van der Waals surface area contributed by atoms with Gasteiger partial charge in [0.1, 0.15) is 6.04 Å². The zero-order valence-electron chi connectivity index (χ0n) is 24.7. The summed E-state index contributed by atoms with van der Waals surface area (Å²) in [6, 6.07) is 6.48. The van der Waals surface area contributed by atoms with Crippen molar-refractivity contribution in [3.05, 3.63) is 45.7 Å². The molecule has 1 aromatic heterocycles. The van der Waals surface area contributed by atoms with E-state index in [0.717, 1.165) is 41.4 Å². The second kappa shape index (κ2) is 13.0. The Labute approximate surface area is 242 Å². The number of piperidine rings is 1. The summed E-state index contributed by atoms with van der Waals surface area (Å²) >= 11 is 0. The first-order valence-corrected chi connectivity index (χ1v) is 13.4. The molecule has 232 valence electrons. The van der Waals surface area contributed by atoms with E-state index in [0.29, 0.717) is 29.7 Å². The smallest absolute Gasteiger partial charge is 0.368 e. The number of H-pyrrole nitrogens is 1. The Kier molecular flexibility index (Phi) is 10.6. The predicted octanol–water partition coefficient (Wildman–Crippen LogP) is 2.55. The lowest BCUT2D eigenvalue weighted by Crippen LogP contribution is -2.43. The summed E-state index contributed by atoms with van der Waals surface area (Å²) in [4.78, 5) is 59.5. The number of amides is 4. The van der Waals surface area contributed by atoms with E-state index in [9.17, 15) is 32.3 Å². The fourth-order valence-electron chi connectivity index (χ4n) is 4.97. The largest absolute Gasteiger partial charge is 0.470 e. The Morgan fingerprint density at radius 3 is 2.12 bits per heavy atom. The van der Waals surface area contributed by atoms with Gasteiger partial charge in [-0.15, -0.1) is 0 Å². The molecule has 3 atom stereocenters. The molecule has 0 radical (unpaired) electrons. The van der Waals surface area contributed by atoms with Crippen LogP contribution in [0.15, 0.2) is 29.1 Å². The van der Waals surface area contributed by atoms with E-state index < -0.39 is 24.0 Å². The van der Waals surface area contributed by atoms with Crippen molar-refractivity contribution in [3.63, 3.8) is 0 Å². The molecule has 1 saturated heterocycles. The monoisotopic (exact) mass is 595 g/mol. The summed E-state index contributed by atoms with van der Waals surface area (Å²) < 4.78 is 32.1. The molecule has 10 nitrogen and oxygen atoms in total. The molecule has 1 aromatic carbocycles. The van der Waals surface area contributed by atoms with Gasteiger partial charge in [-0.25, -0.2) is 0 Å². The molecule has 4 amide bonds. The molecule has 1 aliphatic carbocycles. The number of hydrogen-bond donors (Lipinski definition) is 4. The fraction of sp³-hybridized carbons (Fsp3) is 0.552. The summed E-state index contributed by atoms with van der Waals surface area (Å²) in [5.41, 5.74) is 11.5. The predicted molar refractivity (Wildman–Crippen MR) is 152 cm³/mol. The number of alkyl halides is 3. The molecule has 2 heterocycles. The van der Waals surface area contributed by atoms with Crippen LogP contribution in [0, 0.1) is 29.6 Å². The van der Waals surface area contributed by atoms with E-state index in [-0.39, 0.29) is 17.4 Å². The molecule has 2 aromatic rings. The Balaban J connectivity index is 0.000000246. The van der Waals surface area contributed by atoms with Gasteiger partial charge in [0.2, 0.25) is 18.2 Å². The van der Waals surface area contributed by atoms with E-state index in [1.54, 1.807) is 6.07 Å². The molecular formula is C29H40F3N5O5. The second-order valence-electron chi connectivity index (χ2n) is 12.6. The molecule has 1 aliphatic heterocycles. The topological polar surface area (TPSA) is 168 Å². The number of rotatable bonds is 6. The Morgan fingerprint density at radius 1 is 1.12 bits per heavy atom. The number of nitrogens with one attached hydrogen (secondary N) is 2. The highest BCUT2D eigenvalue weighted by Gasteiger charge is 2.62. The maximum absolute atomic E-state index is 12.0. The van der Waals surface area contributed by atoms with Crippen molar-refractivity contribution in [2.24, 2.45) is 34.1 Å². The summed E-state index contributed by atoms with van der Waals surface area (Å²) in [5, 5.41) is 3.18. The summed E-state index contributed by atoms with van der Waals surface area (Å²) in [7, 11) is 0. The number of carbonyl (C=O) groups excluding carboxylic acids is 4. The number of fused-ring (bicyclic) bond motifs is 2. The van der Waals surface area contributed by atoms with Crippen molar-refractivity contribution in [3.8, 4) is 0 Å². The van der Waals surface area contributed by atoms with Gasteiger partial charge >= 0.3 is 12.1 Å². The molecule has 0 spiro atoms. The average molecular weight is 596 g/mol. The maximum Gasteiger partial charge on any atom is 0.470 e. The number of benzene rings is 1. The molecule has 4 rings (SSSR count). The van der Waals surface area contributed by atoms with Crippen molar-refractivity contribution in [1.82, 2.24) is 15.2 Å². The third-order valence-electron chi connectivity index (χ3n) is 7.55. The Hall–Kier alpha value is -3.90. The molecule has 2 fully saturated rings. The fourth-order valence-corrected chi connectivity index (χ4v) is 4.97. The molecule has 42 heavy (non-hydrogen) atoms. The van der Waals surface area contributed by atoms with E-state index in [1.807, 2.05) is 25.1 Å². The second-order valence-corrected chi connectivity index (χ2v) is 12.6. The molecule has 2 aliphatic rings. The zero-order valence-corrected chi connectivity index (χ0v) is 24.7. The standard InChI is InChI=1S/C14H15N3O3.C13H23NO.C2H2F3NO/c1-8-2-3-11-9(4-8)5-10(14(20)17-11)6-12(13(15)19)16-7-18;1-12(2,3)6-11(15)14-7-9-10(8-14)13(9,4)5;3-2(4,5)1(6)7/h2-5,7,12H,6H2,1H3,(H2,15,19)(H,16,18)(H,17,20);9-10H,6-8H2,1-5H3;(H2,6,7)/t;9-,10?;/m.0./s1. The highest BCUT2D eigenvalue weighted by atomic mass is 19.4. The van der Waals surface area contributed by atoms with Crippen molar-refractivity contribution in [2.75, 3.05) is 13.1 Å². The summed E-state index contributed by atoms with van der Waals surface area (Å²) in [5.74, 6) is -1.03. The minimum Gasteiger partial charge on any atom is -0.368 e. The third kappa shape index (κ3) is 9.31. The lowest BCUT2D eigenvalue weighted by Gasteiger charge is -2.26. The first-order valence-electron chi connectivity index (χ1n) is 13.4. The average Bonchev–Trinajstić information content (AvgIpc) is 3.17. The number of hydrogen-bond acceptors (Lipinski definition) is 5. The number of aryl methyl sites for hydroxylation is 1. The van der Waals surface area contributed by atoms with Gasteiger partial charge in [-0.3, -0.25) is 24.0 Å². The van der Waals surface area contributed by atoms with Crippen LogP contribution < -0.4 is 22.3 Å². The van der Waals surface area contributed by atoms with Crippen molar-refractivity contribution < 1.29 is 32.3 Å². The van der Waals surface area contributed by atoms with Gasteiger partial charge < -0.3 is 26.7 Å². The van der Waals surface area contributed by atoms with Crippen LogP contribution in [0.4, 0.5) is 13.2 Å². The first kappa shape index (κ1) is 34.3. The van der Waals surface area contributed by atoms with Crippen molar-refractivity contribution in [2.45, 2.75) is 66.6 Å². The lowest BCUT2D eigenvalue weighted by molar-refractivity contribution is -0.169. The number of aromatic nitrogens is 1. The van der Waals surface area contributed by atoms with Crippen LogP contribution in [0.3, 0.4) is 0 Å². The molecular weight excluding hydrogens is 555 g/mol. The summed E-state index contributed by atoms with van der Waals surface area (Å²) in [6.45, 7) is 15.0. The maximum atomic E-state index is 12.0.